The van der Waals surface area contributed by atoms with Crippen molar-refractivity contribution >= 4 is 11.8 Å². The van der Waals surface area contributed by atoms with E-state index < -0.39 is 0 Å². The minimum atomic E-state index is -0.143. The van der Waals surface area contributed by atoms with Crippen LogP contribution in [0, 0.1) is 17.8 Å². The standard InChI is InChI=1S/C21H32N2O3/c1-2-3-7-20(25)23-13-17-16(18-10-11-21(17,14-23)26-18)12-22-19(24)9-8-15-5-4-6-15/h2,15-18H,1,3-14H2,(H,22,24)/t16-,17+,18+,21+/m0/s1. The monoisotopic (exact) mass is 360 g/mol. The van der Waals surface area contributed by atoms with Crippen molar-refractivity contribution < 1.29 is 14.3 Å². The average Bonchev–Trinajstić information content (AvgIpc) is 3.24. The van der Waals surface area contributed by atoms with Gasteiger partial charge in [-0.25, -0.2) is 0 Å². The Morgan fingerprint density at radius 3 is 2.85 bits per heavy atom. The minimum absolute atomic E-state index is 0.143. The van der Waals surface area contributed by atoms with Crippen LogP contribution in [0.4, 0.5) is 0 Å². The van der Waals surface area contributed by atoms with Crippen molar-refractivity contribution in [3.8, 4) is 0 Å². The molecular formula is C21H32N2O3. The molecule has 144 valence electrons. The molecule has 5 heteroatoms. The van der Waals surface area contributed by atoms with E-state index in [2.05, 4.69) is 11.9 Å². The van der Waals surface area contributed by atoms with Crippen molar-refractivity contribution in [1.29, 1.82) is 0 Å². The Kier molecular flexibility index (Phi) is 5.09. The van der Waals surface area contributed by atoms with E-state index in [1.165, 1.54) is 19.3 Å². The first kappa shape index (κ1) is 18.0. The molecule has 2 bridgehead atoms. The Bertz CT molecular complexity index is 574. The van der Waals surface area contributed by atoms with Crippen LogP contribution in [-0.4, -0.2) is 48.1 Å². The molecule has 0 unspecified atom stereocenters. The molecule has 1 aliphatic carbocycles. The zero-order valence-electron chi connectivity index (χ0n) is 15.8. The smallest absolute Gasteiger partial charge is 0.222 e. The highest BCUT2D eigenvalue weighted by Gasteiger charge is 2.63. The van der Waals surface area contributed by atoms with E-state index in [0.29, 0.717) is 31.2 Å². The molecule has 3 aliphatic heterocycles. The van der Waals surface area contributed by atoms with Gasteiger partial charge in [-0.2, -0.15) is 0 Å². The average molecular weight is 360 g/mol. The molecule has 1 N–H and O–H groups in total. The summed E-state index contributed by atoms with van der Waals surface area (Å²) in [6.45, 7) is 5.93. The first-order valence-corrected chi connectivity index (χ1v) is 10.4. The molecular weight excluding hydrogens is 328 g/mol. The summed E-state index contributed by atoms with van der Waals surface area (Å²) in [7, 11) is 0. The van der Waals surface area contributed by atoms with E-state index >= 15 is 0 Å². The number of ether oxygens (including phenoxy) is 1. The SMILES string of the molecule is C=CCCC(=O)N1C[C@@H]2[C@H](CNC(=O)CCC3CCC3)[C@H]3CC[C@]2(C1)O3. The van der Waals surface area contributed by atoms with Crippen LogP contribution in [0.25, 0.3) is 0 Å². The number of carbonyl (C=O) groups excluding carboxylic acids is 2. The third-order valence-corrected chi connectivity index (χ3v) is 7.24. The van der Waals surface area contributed by atoms with Gasteiger partial charge in [0.25, 0.3) is 0 Å². The van der Waals surface area contributed by atoms with E-state index in [1.54, 1.807) is 6.08 Å². The van der Waals surface area contributed by atoms with Gasteiger partial charge in [0.1, 0.15) is 0 Å². The number of carbonyl (C=O) groups is 2. The van der Waals surface area contributed by atoms with E-state index in [-0.39, 0.29) is 23.5 Å². The second-order valence-electron chi connectivity index (χ2n) is 8.77. The summed E-state index contributed by atoms with van der Waals surface area (Å²) in [5.41, 5.74) is -0.143. The van der Waals surface area contributed by atoms with Crippen LogP contribution < -0.4 is 5.32 Å². The van der Waals surface area contributed by atoms with Crippen LogP contribution in [0.15, 0.2) is 12.7 Å². The third kappa shape index (κ3) is 3.30. The van der Waals surface area contributed by atoms with Crippen molar-refractivity contribution in [2.45, 2.75) is 69.5 Å². The third-order valence-electron chi connectivity index (χ3n) is 7.24. The number of nitrogens with one attached hydrogen (secondary N) is 1. The highest BCUT2D eigenvalue weighted by molar-refractivity contribution is 5.77. The van der Waals surface area contributed by atoms with Crippen LogP contribution in [-0.2, 0) is 14.3 Å². The number of nitrogens with zero attached hydrogens (tertiary/aromatic N) is 1. The van der Waals surface area contributed by atoms with Gasteiger partial charge in [0.05, 0.1) is 18.2 Å². The number of likely N-dealkylation sites (tertiary alicyclic amines) is 1. The Balaban J connectivity index is 1.29. The first-order chi connectivity index (χ1) is 12.6. The summed E-state index contributed by atoms with van der Waals surface area (Å²) in [6.07, 6.45) is 11.1. The van der Waals surface area contributed by atoms with E-state index in [1.807, 2.05) is 4.90 Å². The van der Waals surface area contributed by atoms with Gasteiger partial charge < -0.3 is 15.0 Å². The fourth-order valence-electron chi connectivity index (χ4n) is 5.47. The Morgan fingerprint density at radius 2 is 2.12 bits per heavy atom. The van der Waals surface area contributed by atoms with Gasteiger partial charge in [-0.05, 0) is 31.6 Å². The number of hydrogen-bond donors (Lipinski definition) is 1. The number of hydrogen-bond acceptors (Lipinski definition) is 3. The predicted octanol–water partition coefficient (Wildman–Crippen LogP) is 2.66. The zero-order chi connectivity index (χ0) is 18.1. The fraction of sp³-hybridized carbons (Fsp3) is 0.810. The largest absolute Gasteiger partial charge is 0.369 e. The Morgan fingerprint density at radius 1 is 1.27 bits per heavy atom. The lowest BCUT2D eigenvalue weighted by atomic mass is 9.73. The quantitative estimate of drug-likeness (QED) is 0.677. The van der Waals surface area contributed by atoms with Gasteiger partial charge in [-0.1, -0.05) is 25.3 Å². The lowest BCUT2D eigenvalue weighted by molar-refractivity contribution is -0.131. The van der Waals surface area contributed by atoms with Gasteiger partial charge in [0.15, 0.2) is 0 Å². The molecule has 4 fully saturated rings. The second-order valence-corrected chi connectivity index (χ2v) is 8.77. The van der Waals surface area contributed by atoms with Crippen molar-refractivity contribution in [1.82, 2.24) is 10.2 Å². The van der Waals surface area contributed by atoms with Crippen LogP contribution in [0.1, 0.15) is 57.8 Å². The molecule has 0 radical (unpaired) electrons. The normalized spacial score (nSPS) is 35.2. The molecule has 0 aromatic carbocycles. The Labute approximate surface area is 156 Å². The molecule has 4 atom stereocenters. The van der Waals surface area contributed by atoms with Gasteiger partial charge >= 0.3 is 0 Å². The predicted molar refractivity (Wildman–Crippen MR) is 99.4 cm³/mol. The number of rotatable bonds is 8. The lowest BCUT2D eigenvalue weighted by Crippen LogP contribution is -2.42. The summed E-state index contributed by atoms with van der Waals surface area (Å²) in [5, 5.41) is 3.17. The van der Waals surface area contributed by atoms with Crippen molar-refractivity contribution in [2.75, 3.05) is 19.6 Å². The zero-order valence-corrected chi connectivity index (χ0v) is 15.8. The van der Waals surface area contributed by atoms with E-state index in [4.69, 9.17) is 4.74 Å². The molecule has 3 heterocycles. The molecule has 2 amide bonds. The molecule has 4 rings (SSSR count). The maximum Gasteiger partial charge on any atom is 0.222 e. The second kappa shape index (κ2) is 7.34. The maximum atomic E-state index is 12.4. The highest BCUT2D eigenvalue weighted by atomic mass is 16.5. The van der Waals surface area contributed by atoms with Gasteiger partial charge in [-0.3, -0.25) is 9.59 Å². The number of amides is 2. The molecule has 0 aromatic heterocycles. The maximum absolute atomic E-state index is 12.4. The molecule has 3 saturated heterocycles. The summed E-state index contributed by atoms with van der Waals surface area (Å²) in [5.74, 6) is 1.91. The molecule has 26 heavy (non-hydrogen) atoms. The topological polar surface area (TPSA) is 58.6 Å². The van der Waals surface area contributed by atoms with Crippen molar-refractivity contribution in [3.05, 3.63) is 12.7 Å². The lowest BCUT2D eigenvalue weighted by Gasteiger charge is -2.29. The molecule has 5 nitrogen and oxygen atoms in total. The number of allylic oxidation sites excluding steroid dienone is 1. The molecule has 1 saturated carbocycles. The van der Waals surface area contributed by atoms with Gasteiger partial charge in [-0.15, -0.1) is 6.58 Å². The molecule has 1 spiro atoms. The summed E-state index contributed by atoms with van der Waals surface area (Å²) < 4.78 is 6.37. The van der Waals surface area contributed by atoms with Crippen LogP contribution in [0.2, 0.25) is 0 Å². The summed E-state index contributed by atoms with van der Waals surface area (Å²) >= 11 is 0. The highest BCUT2D eigenvalue weighted by Crippen LogP contribution is 2.54. The van der Waals surface area contributed by atoms with Crippen LogP contribution in [0.3, 0.4) is 0 Å². The molecule has 0 aromatic rings. The van der Waals surface area contributed by atoms with E-state index in [0.717, 1.165) is 44.7 Å². The van der Waals surface area contributed by atoms with E-state index in [9.17, 15) is 9.59 Å². The number of fused-ring (bicyclic) bond motifs is 1. The summed E-state index contributed by atoms with van der Waals surface area (Å²) in [4.78, 5) is 26.6. The fourth-order valence-corrected chi connectivity index (χ4v) is 5.47. The Hall–Kier alpha value is -1.36. The van der Waals surface area contributed by atoms with Crippen molar-refractivity contribution in [3.63, 3.8) is 0 Å². The first-order valence-electron chi connectivity index (χ1n) is 10.4. The van der Waals surface area contributed by atoms with Gasteiger partial charge in [0, 0.05) is 37.8 Å². The summed E-state index contributed by atoms with van der Waals surface area (Å²) in [6, 6.07) is 0. The van der Waals surface area contributed by atoms with Crippen molar-refractivity contribution in [2.24, 2.45) is 17.8 Å². The van der Waals surface area contributed by atoms with Crippen LogP contribution >= 0.6 is 0 Å². The van der Waals surface area contributed by atoms with Gasteiger partial charge in [0.2, 0.25) is 11.8 Å². The van der Waals surface area contributed by atoms with Crippen LogP contribution in [0.5, 0.6) is 0 Å². The molecule has 4 aliphatic rings. The minimum Gasteiger partial charge on any atom is -0.369 e.